The number of rotatable bonds is 8. The molecule has 4 nitrogen and oxygen atoms in total. The third-order valence-corrected chi connectivity index (χ3v) is 16.1. The Morgan fingerprint density at radius 2 is 1.45 bits per heavy atom. The number of ether oxygens (including phenoxy) is 2. The summed E-state index contributed by atoms with van der Waals surface area (Å²) >= 11 is 0. The zero-order valence-corrected chi connectivity index (χ0v) is 23.3. The summed E-state index contributed by atoms with van der Waals surface area (Å²) in [7, 11) is -3.88. The molecule has 6 heteroatoms. The molecule has 2 rings (SSSR count). The minimum absolute atomic E-state index is 0.121. The van der Waals surface area contributed by atoms with Crippen LogP contribution in [0.4, 0.5) is 0 Å². The second-order valence-corrected chi connectivity index (χ2v) is 21.2. The van der Waals surface area contributed by atoms with Crippen molar-refractivity contribution in [3.8, 4) is 0 Å². The fourth-order valence-electron chi connectivity index (χ4n) is 2.86. The van der Waals surface area contributed by atoms with E-state index in [4.69, 9.17) is 18.3 Å². The van der Waals surface area contributed by atoms with Gasteiger partial charge in [-0.05, 0) is 47.9 Å². The maximum atomic E-state index is 6.78. The van der Waals surface area contributed by atoms with Gasteiger partial charge >= 0.3 is 0 Å². The maximum Gasteiger partial charge on any atom is 0.193 e. The first kappa shape index (κ1) is 26.3. The van der Waals surface area contributed by atoms with Gasteiger partial charge in [0, 0.05) is 0 Å². The van der Waals surface area contributed by atoms with Crippen molar-refractivity contribution in [1.82, 2.24) is 0 Å². The van der Waals surface area contributed by atoms with Gasteiger partial charge in [0.2, 0.25) is 0 Å². The molecule has 0 saturated heterocycles. The van der Waals surface area contributed by atoms with Gasteiger partial charge in [0.25, 0.3) is 0 Å². The van der Waals surface area contributed by atoms with Crippen molar-refractivity contribution in [3.63, 3.8) is 0 Å². The zero-order chi connectivity index (χ0) is 23.5. The quantitative estimate of drug-likeness (QED) is 0.392. The minimum Gasteiger partial charge on any atom is -0.493 e. The molecule has 31 heavy (non-hydrogen) atoms. The van der Waals surface area contributed by atoms with E-state index in [1.807, 2.05) is 24.3 Å². The largest absolute Gasteiger partial charge is 0.493 e. The Hall–Kier alpha value is -0.926. The van der Waals surface area contributed by atoms with Crippen molar-refractivity contribution in [1.29, 1.82) is 0 Å². The smallest absolute Gasteiger partial charge is 0.193 e. The summed E-state index contributed by atoms with van der Waals surface area (Å²) in [6.45, 7) is 23.7. The first-order chi connectivity index (χ1) is 14.1. The third-order valence-electron chi connectivity index (χ3n) is 7.15. The molecule has 0 unspecified atom stereocenters. The van der Waals surface area contributed by atoms with Crippen molar-refractivity contribution in [2.75, 3.05) is 6.61 Å². The van der Waals surface area contributed by atoms with Crippen molar-refractivity contribution >= 4 is 16.6 Å². The van der Waals surface area contributed by atoms with E-state index >= 15 is 0 Å². The van der Waals surface area contributed by atoms with Crippen LogP contribution in [0.1, 0.15) is 47.1 Å². The summed E-state index contributed by atoms with van der Waals surface area (Å²) in [5, 5.41) is 0.269. The van der Waals surface area contributed by atoms with E-state index in [0.717, 1.165) is 5.56 Å². The van der Waals surface area contributed by atoms with E-state index in [1.165, 1.54) is 0 Å². The number of hydrogen-bond donors (Lipinski definition) is 0. The van der Waals surface area contributed by atoms with E-state index in [9.17, 15) is 0 Å². The molecule has 176 valence electrons. The van der Waals surface area contributed by atoms with Crippen molar-refractivity contribution in [3.05, 3.63) is 48.2 Å². The van der Waals surface area contributed by atoms with Crippen molar-refractivity contribution in [2.24, 2.45) is 0 Å². The second kappa shape index (κ2) is 9.91. The lowest BCUT2D eigenvalue weighted by Crippen LogP contribution is -2.53. The van der Waals surface area contributed by atoms with Gasteiger partial charge in [-0.3, -0.25) is 0 Å². The van der Waals surface area contributed by atoms with Gasteiger partial charge in [0.05, 0.1) is 25.6 Å². The Labute approximate surface area is 192 Å². The molecule has 0 bridgehead atoms. The van der Waals surface area contributed by atoms with Crippen LogP contribution in [0.2, 0.25) is 36.3 Å². The van der Waals surface area contributed by atoms with Gasteiger partial charge in [0.1, 0.15) is 12.2 Å². The Kier molecular flexibility index (Phi) is 8.42. The van der Waals surface area contributed by atoms with Crippen LogP contribution in [0.5, 0.6) is 0 Å². The van der Waals surface area contributed by atoms with E-state index in [-0.39, 0.29) is 28.4 Å². The lowest BCUT2D eigenvalue weighted by molar-refractivity contribution is -0.115. The summed E-state index contributed by atoms with van der Waals surface area (Å²) in [6, 6.07) is 10.3. The second-order valence-electron chi connectivity index (χ2n) is 11.7. The SMILES string of the molecule is CC(C)(C)[Si](C)(C)OC[C@H]1OC=C[C@H](O[Si](C)(C)C(C)(C)C)[C@@H]1OCc1ccccc1. The molecule has 1 aliphatic heterocycles. The molecular formula is C25H44O4Si2. The predicted molar refractivity (Wildman–Crippen MR) is 134 cm³/mol. The standard InChI is InChI=1S/C25H44O4Si2/c1-24(2,3)30(7,8)28-19-22-23(27-18-20-14-12-11-13-15-20)21(16-17-26-22)29-31(9,10)25(4,5)6/h11-17,21-23H,18-19H2,1-10H3/t21-,22+,23-/m0/s1. The molecule has 1 heterocycles. The summed E-state index contributed by atoms with van der Waals surface area (Å²) in [5.41, 5.74) is 1.15. The Morgan fingerprint density at radius 3 is 2.00 bits per heavy atom. The minimum atomic E-state index is -1.98. The van der Waals surface area contributed by atoms with Crippen LogP contribution in [-0.4, -0.2) is 41.6 Å². The molecule has 0 aromatic heterocycles. The van der Waals surface area contributed by atoms with Gasteiger partial charge in [0.15, 0.2) is 16.6 Å². The molecule has 0 amide bonds. The van der Waals surface area contributed by atoms with E-state index < -0.39 is 16.6 Å². The monoisotopic (exact) mass is 464 g/mol. The molecule has 1 aromatic rings. The van der Waals surface area contributed by atoms with E-state index in [1.54, 1.807) is 6.26 Å². The number of benzene rings is 1. The van der Waals surface area contributed by atoms with Gasteiger partial charge in [-0.15, -0.1) is 0 Å². The van der Waals surface area contributed by atoms with Crippen LogP contribution in [0.15, 0.2) is 42.7 Å². The van der Waals surface area contributed by atoms with Crippen molar-refractivity contribution < 1.29 is 18.3 Å². The van der Waals surface area contributed by atoms with Gasteiger partial charge in [-0.25, -0.2) is 0 Å². The van der Waals surface area contributed by atoms with Crippen LogP contribution in [0, 0.1) is 0 Å². The zero-order valence-electron chi connectivity index (χ0n) is 21.3. The van der Waals surface area contributed by atoms with E-state index in [0.29, 0.717) is 13.2 Å². The van der Waals surface area contributed by atoms with E-state index in [2.05, 4.69) is 79.9 Å². The average molecular weight is 465 g/mol. The fourth-order valence-corrected chi connectivity index (χ4v) is 5.12. The molecule has 1 aromatic carbocycles. The Morgan fingerprint density at radius 1 is 0.871 bits per heavy atom. The average Bonchev–Trinajstić information content (AvgIpc) is 2.64. The summed E-state index contributed by atoms with van der Waals surface area (Å²) in [5.74, 6) is 0. The van der Waals surface area contributed by atoms with Crippen LogP contribution < -0.4 is 0 Å². The normalized spacial score (nSPS) is 23.0. The fraction of sp³-hybridized carbons (Fsp3) is 0.680. The Balaban J connectivity index is 2.21. The highest BCUT2D eigenvalue weighted by Crippen LogP contribution is 2.40. The highest BCUT2D eigenvalue weighted by Gasteiger charge is 2.44. The highest BCUT2D eigenvalue weighted by atomic mass is 28.4. The number of hydrogen-bond acceptors (Lipinski definition) is 4. The molecule has 0 N–H and O–H groups in total. The lowest BCUT2D eigenvalue weighted by Gasteiger charge is -2.44. The van der Waals surface area contributed by atoms with Crippen LogP contribution in [0.3, 0.4) is 0 Å². The molecule has 0 saturated carbocycles. The third kappa shape index (κ3) is 7.03. The highest BCUT2D eigenvalue weighted by molar-refractivity contribution is 6.74. The molecule has 0 aliphatic carbocycles. The van der Waals surface area contributed by atoms with Gasteiger partial charge in [-0.2, -0.15) is 0 Å². The van der Waals surface area contributed by atoms with Crippen LogP contribution in [-0.2, 0) is 24.9 Å². The maximum absolute atomic E-state index is 6.78. The van der Waals surface area contributed by atoms with Crippen molar-refractivity contribution in [2.45, 2.75) is 103 Å². The first-order valence-corrected chi connectivity index (χ1v) is 17.3. The van der Waals surface area contributed by atoms with Gasteiger partial charge < -0.3 is 18.3 Å². The molecule has 0 fully saturated rings. The molecular weight excluding hydrogens is 420 g/mol. The molecule has 3 atom stereocenters. The molecule has 1 aliphatic rings. The van der Waals surface area contributed by atoms with Gasteiger partial charge in [-0.1, -0.05) is 71.9 Å². The topological polar surface area (TPSA) is 36.9 Å². The predicted octanol–water partition coefficient (Wildman–Crippen LogP) is 6.90. The summed E-state index contributed by atoms with van der Waals surface area (Å²) in [4.78, 5) is 0. The molecule has 0 spiro atoms. The lowest BCUT2D eigenvalue weighted by atomic mass is 10.1. The summed E-state index contributed by atoms with van der Waals surface area (Å²) in [6.07, 6.45) is 3.23. The first-order valence-electron chi connectivity index (χ1n) is 11.4. The summed E-state index contributed by atoms with van der Waals surface area (Å²) < 4.78 is 25.8. The van der Waals surface area contributed by atoms with Crippen LogP contribution >= 0.6 is 0 Å². The molecule has 0 radical (unpaired) electrons. The Bertz CT molecular complexity index is 717. The van der Waals surface area contributed by atoms with Crippen LogP contribution in [0.25, 0.3) is 0 Å².